The minimum absolute atomic E-state index is 0.712. The molecule has 0 aliphatic carbocycles. The fourth-order valence-corrected chi connectivity index (χ4v) is 3.92. The van der Waals surface area contributed by atoms with Gasteiger partial charge in [-0.25, -0.2) is 4.98 Å². The number of aromatic nitrogens is 3. The Balaban J connectivity index is 1.73. The lowest BCUT2D eigenvalue weighted by Gasteiger charge is -2.44. The van der Waals surface area contributed by atoms with E-state index in [0.29, 0.717) is 6.04 Å². The molecule has 0 radical (unpaired) electrons. The van der Waals surface area contributed by atoms with Crippen molar-refractivity contribution in [2.24, 2.45) is 0 Å². The van der Waals surface area contributed by atoms with Gasteiger partial charge in [0.15, 0.2) is 5.65 Å². The van der Waals surface area contributed by atoms with Crippen LogP contribution in [0.25, 0.3) is 5.65 Å². The maximum absolute atomic E-state index is 4.73. The molecule has 0 spiro atoms. The van der Waals surface area contributed by atoms with Gasteiger partial charge in [-0.15, -0.1) is 0 Å². The summed E-state index contributed by atoms with van der Waals surface area (Å²) in [6, 6.07) is 2.90. The lowest BCUT2D eigenvalue weighted by atomic mass is 9.99. The number of hydrogen-bond acceptors (Lipinski definition) is 4. The molecule has 22 heavy (non-hydrogen) atoms. The Morgan fingerprint density at radius 3 is 2.82 bits per heavy atom. The van der Waals surface area contributed by atoms with Crippen molar-refractivity contribution >= 4 is 11.5 Å². The fourth-order valence-electron chi connectivity index (χ4n) is 3.92. The molecule has 0 aromatic carbocycles. The van der Waals surface area contributed by atoms with Crippen LogP contribution in [-0.2, 0) is 0 Å². The van der Waals surface area contributed by atoms with Crippen LogP contribution >= 0.6 is 0 Å². The van der Waals surface area contributed by atoms with Gasteiger partial charge in [-0.2, -0.15) is 9.61 Å². The second-order valence-electron chi connectivity index (χ2n) is 6.83. The number of anilines is 1. The zero-order valence-electron chi connectivity index (χ0n) is 13.8. The number of aryl methyl sites for hydroxylation is 3. The average Bonchev–Trinajstić information content (AvgIpc) is 2.81. The summed E-state index contributed by atoms with van der Waals surface area (Å²) in [5, 5.41) is 4.73. The van der Waals surface area contributed by atoms with Crippen LogP contribution in [0.1, 0.15) is 36.2 Å². The van der Waals surface area contributed by atoms with Gasteiger partial charge in [-0.3, -0.25) is 4.90 Å². The summed E-state index contributed by atoms with van der Waals surface area (Å²) >= 11 is 0. The molecule has 2 saturated heterocycles. The lowest BCUT2D eigenvalue weighted by molar-refractivity contribution is 0.133. The van der Waals surface area contributed by atoms with Gasteiger partial charge < -0.3 is 4.90 Å². The summed E-state index contributed by atoms with van der Waals surface area (Å²) in [4.78, 5) is 9.88. The SMILES string of the molecule is Cc1cc(N2CCN3CCCCC3C2)n2nc(C)c(C)c2n1. The third kappa shape index (κ3) is 2.19. The third-order valence-corrected chi connectivity index (χ3v) is 5.33. The number of rotatable bonds is 1. The van der Waals surface area contributed by atoms with Gasteiger partial charge in [0.2, 0.25) is 0 Å². The van der Waals surface area contributed by atoms with Crippen molar-refractivity contribution in [1.82, 2.24) is 19.5 Å². The highest BCUT2D eigenvalue weighted by atomic mass is 15.4. The maximum Gasteiger partial charge on any atom is 0.160 e. The Kier molecular flexibility index (Phi) is 3.33. The smallest absolute Gasteiger partial charge is 0.160 e. The quantitative estimate of drug-likeness (QED) is 0.810. The monoisotopic (exact) mass is 299 g/mol. The number of piperazine rings is 1. The first-order chi connectivity index (χ1) is 10.6. The molecule has 2 aromatic rings. The molecule has 0 amide bonds. The van der Waals surface area contributed by atoms with Crippen LogP contribution in [0.15, 0.2) is 6.07 Å². The summed E-state index contributed by atoms with van der Waals surface area (Å²) in [5.74, 6) is 1.21. The van der Waals surface area contributed by atoms with Crippen molar-refractivity contribution < 1.29 is 0 Å². The Hall–Kier alpha value is -1.62. The average molecular weight is 299 g/mol. The molecule has 0 N–H and O–H groups in total. The van der Waals surface area contributed by atoms with Gasteiger partial charge in [0.05, 0.1) is 5.69 Å². The highest BCUT2D eigenvalue weighted by Crippen LogP contribution is 2.26. The molecule has 2 aromatic heterocycles. The van der Waals surface area contributed by atoms with Crippen LogP contribution in [0.4, 0.5) is 5.82 Å². The van der Waals surface area contributed by atoms with Gasteiger partial charge in [0.1, 0.15) is 5.82 Å². The normalized spacial score (nSPS) is 23.0. The maximum atomic E-state index is 4.73. The summed E-state index contributed by atoms with van der Waals surface area (Å²) in [6.07, 6.45) is 4.08. The Labute approximate surface area is 131 Å². The van der Waals surface area contributed by atoms with E-state index in [1.165, 1.54) is 43.7 Å². The zero-order chi connectivity index (χ0) is 15.3. The second-order valence-corrected chi connectivity index (χ2v) is 6.83. The van der Waals surface area contributed by atoms with E-state index in [1.807, 2.05) is 0 Å². The topological polar surface area (TPSA) is 36.7 Å². The number of fused-ring (bicyclic) bond motifs is 2. The molecule has 5 heteroatoms. The van der Waals surface area contributed by atoms with E-state index in [4.69, 9.17) is 10.1 Å². The molecule has 2 aliphatic heterocycles. The first-order valence-corrected chi connectivity index (χ1v) is 8.46. The standard InChI is InChI=1S/C17H25N5/c1-12-10-16(22-17(18-12)13(2)14(3)19-22)21-9-8-20-7-5-4-6-15(20)11-21/h10,15H,4-9,11H2,1-3H3. The minimum atomic E-state index is 0.712. The van der Waals surface area contributed by atoms with E-state index < -0.39 is 0 Å². The summed E-state index contributed by atoms with van der Waals surface area (Å²) in [6.45, 7) is 10.9. The highest BCUT2D eigenvalue weighted by Gasteiger charge is 2.30. The summed E-state index contributed by atoms with van der Waals surface area (Å²) in [7, 11) is 0. The predicted octanol–water partition coefficient (Wildman–Crippen LogP) is 2.33. The van der Waals surface area contributed by atoms with Crippen LogP contribution in [0.5, 0.6) is 0 Å². The molecule has 2 aliphatic rings. The molecule has 2 fully saturated rings. The van der Waals surface area contributed by atoms with E-state index >= 15 is 0 Å². The van der Waals surface area contributed by atoms with Crippen LogP contribution in [0.2, 0.25) is 0 Å². The van der Waals surface area contributed by atoms with Gasteiger partial charge in [-0.05, 0) is 40.2 Å². The Morgan fingerprint density at radius 2 is 1.95 bits per heavy atom. The molecular weight excluding hydrogens is 274 g/mol. The van der Waals surface area contributed by atoms with Crippen molar-refractivity contribution in [1.29, 1.82) is 0 Å². The Bertz CT molecular complexity index is 705. The Morgan fingerprint density at radius 1 is 1.09 bits per heavy atom. The van der Waals surface area contributed by atoms with Gasteiger partial charge >= 0.3 is 0 Å². The number of hydrogen-bond donors (Lipinski definition) is 0. The fraction of sp³-hybridized carbons (Fsp3) is 0.647. The van der Waals surface area contributed by atoms with Crippen LogP contribution in [-0.4, -0.2) is 51.7 Å². The van der Waals surface area contributed by atoms with E-state index in [-0.39, 0.29) is 0 Å². The second kappa shape index (κ2) is 5.23. The van der Waals surface area contributed by atoms with Crippen molar-refractivity contribution in [3.8, 4) is 0 Å². The summed E-state index contributed by atoms with van der Waals surface area (Å²) in [5.41, 5.74) is 4.37. The van der Waals surface area contributed by atoms with Crippen LogP contribution in [0.3, 0.4) is 0 Å². The van der Waals surface area contributed by atoms with Gasteiger partial charge in [0, 0.05) is 43.0 Å². The van der Waals surface area contributed by atoms with Crippen molar-refractivity contribution in [2.45, 2.75) is 46.1 Å². The third-order valence-electron chi connectivity index (χ3n) is 5.33. The van der Waals surface area contributed by atoms with Crippen LogP contribution in [0, 0.1) is 20.8 Å². The first-order valence-electron chi connectivity index (χ1n) is 8.46. The van der Waals surface area contributed by atoms with Gasteiger partial charge in [0.25, 0.3) is 0 Å². The molecule has 4 rings (SSSR count). The van der Waals surface area contributed by atoms with Crippen molar-refractivity contribution in [3.63, 3.8) is 0 Å². The molecule has 0 saturated carbocycles. The summed E-state index contributed by atoms with van der Waals surface area (Å²) < 4.78 is 2.05. The van der Waals surface area contributed by atoms with Crippen molar-refractivity contribution in [2.75, 3.05) is 31.1 Å². The molecular formula is C17H25N5. The molecule has 0 bridgehead atoms. The van der Waals surface area contributed by atoms with E-state index in [9.17, 15) is 0 Å². The molecule has 1 atom stereocenters. The van der Waals surface area contributed by atoms with E-state index in [0.717, 1.165) is 30.1 Å². The van der Waals surface area contributed by atoms with Crippen molar-refractivity contribution in [3.05, 3.63) is 23.0 Å². The zero-order valence-corrected chi connectivity index (χ0v) is 13.8. The number of piperidine rings is 1. The van der Waals surface area contributed by atoms with E-state index in [2.05, 4.69) is 41.2 Å². The first kappa shape index (κ1) is 14.0. The largest absolute Gasteiger partial charge is 0.354 e. The molecule has 5 nitrogen and oxygen atoms in total. The van der Waals surface area contributed by atoms with E-state index in [1.54, 1.807) is 0 Å². The predicted molar refractivity (Wildman–Crippen MR) is 88.6 cm³/mol. The molecule has 118 valence electrons. The minimum Gasteiger partial charge on any atom is -0.354 e. The van der Waals surface area contributed by atoms with Gasteiger partial charge in [-0.1, -0.05) is 6.42 Å². The number of nitrogens with zero attached hydrogens (tertiary/aromatic N) is 5. The van der Waals surface area contributed by atoms with Crippen LogP contribution < -0.4 is 4.90 Å². The lowest BCUT2D eigenvalue weighted by Crippen LogP contribution is -2.55. The molecule has 1 unspecified atom stereocenters. The highest BCUT2D eigenvalue weighted by molar-refractivity contribution is 5.57. The molecule has 4 heterocycles.